The van der Waals surface area contributed by atoms with Crippen LogP contribution in [0.15, 0.2) is 24.3 Å². The maximum absolute atomic E-state index is 12.3. The van der Waals surface area contributed by atoms with Crippen LogP contribution in [0.2, 0.25) is 0 Å². The fourth-order valence-electron chi connectivity index (χ4n) is 4.44. The molecular formula is C23H29N5O3. The van der Waals surface area contributed by atoms with Gasteiger partial charge in [-0.2, -0.15) is 4.98 Å². The third-order valence-corrected chi connectivity index (χ3v) is 6.28. The minimum Gasteiger partial charge on any atom is -0.444 e. The van der Waals surface area contributed by atoms with Crippen LogP contribution in [0.3, 0.4) is 0 Å². The van der Waals surface area contributed by atoms with Crippen molar-refractivity contribution in [3.8, 4) is 0 Å². The van der Waals surface area contributed by atoms with Gasteiger partial charge in [0.2, 0.25) is 11.9 Å². The Bertz CT molecular complexity index is 1070. The Kier molecular flexibility index (Phi) is 4.57. The van der Waals surface area contributed by atoms with Gasteiger partial charge in [0.15, 0.2) is 5.65 Å². The van der Waals surface area contributed by atoms with Gasteiger partial charge in [-0.3, -0.25) is 10.1 Å². The molecule has 2 aromatic rings. The van der Waals surface area contributed by atoms with E-state index in [1.54, 1.807) is 4.90 Å². The van der Waals surface area contributed by atoms with E-state index in [0.29, 0.717) is 5.95 Å². The molecule has 2 aliphatic carbocycles. The van der Waals surface area contributed by atoms with Crippen molar-refractivity contribution in [2.45, 2.75) is 58.5 Å². The first-order valence-corrected chi connectivity index (χ1v) is 11.1. The van der Waals surface area contributed by atoms with E-state index < -0.39 is 5.60 Å². The zero-order valence-electron chi connectivity index (χ0n) is 18.4. The van der Waals surface area contributed by atoms with E-state index in [1.807, 2.05) is 43.5 Å². The molecule has 5 rings (SSSR count). The first-order valence-electron chi connectivity index (χ1n) is 11.1. The Morgan fingerprint density at radius 1 is 1.23 bits per heavy atom. The average Bonchev–Trinajstić information content (AvgIpc) is 3.45. The normalized spacial score (nSPS) is 20.4. The molecule has 2 fully saturated rings. The lowest BCUT2D eigenvalue weighted by atomic mass is 9.69. The van der Waals surface area contributed by atoms with Crippen molar-refractivity contribution in [1.29, 1.82) is 0 Å². The fraction of sp³-hybridized carbons (Fsp3) is 0.565. The quantitative estimate of drug-likeness (QED) is 0.809. The molecule has 1 saturated carbocycles. The van der Waals surface area contributed by atoms with Crippen LogP contribution in [-0.4, -0.2) is 50.2 Å². The lowest BCUT2D eigenvalue weighted by Crippen LogP contribution is -2.59. The number of amides is 2. The van der Waals surface area contributed by atoms with Crippen molar-refractivity contribution in [2.75, 3.05) is 18.4 Å². The number of allylic oxidation sites excluding steroid dienone is 2. The Balaban J connectivity index is 1.28. The zero-order valence-corrected chi connectivity index (χ0v) is 18.4. The van der Waals surface area contributed by atoms with Gasteiger partial charge in [0.05, 0.1) is 5.69 Å². The molecular weight excluding hydrogens is 394 g/mol. The van der Waals surface area contributed by atoms with Gasteiger partial charge in [-0.15, -0.1) is 5.10 Å². The smallest absolute Gasteiger partial charge is 0.410 e. The molecule has 0 unspecified atom stereocenters. The topological polar surface area (TPSA) is 88.8 Å². The molecule has 8 heteroatoms. The molecule has 1 N–H and O–H groups in total. The third kappa shape index (κ3) is 4.03. The number of fused-ring (bicyclic) bond motifs is 1. The molecule has 2 aromatic heterocycles. The van der Waals surface area contributed by atoms with E-state index in [-0.39, 0.29) is 23.3 Å². The van der Waals surface area contributed by atoms with E-state index in [0.717, 1.165) is 56.5 Å². The van der Waals surface area contributed by atoms with Gasteiger partial charge in [0, 0.05) is 24.4 Å². The molecule has 0 bridgehead atoms. The van der Waals surface area contributed by atoms with E-state index in [1.165, 1.54) is 5.57 Å². The summed E-state index contributed by atoms with van der Waals surface area (Å²) in [5, 5.41) is 7.38. The standard InChI is InChI=1S/C23H29N5O3/c1-22(2,3)31-21(30)27-13-23(14-27)11-9-15(10-12-23)17-5-4-6-18-24-20(26-28(17)18)25-19(29)16-7-8-16/h4-6,9,16H,7-8,10-14H2,1-3H3,(H,25,26,29). The molecule has 3 heterocycles. The summed E-state index contributed by atoms with van der Waals surface area (Å²) in [4.78, 5) is 30.6. The van der Waals surface area contributed by atoms with Crippen LogP contribution < -0.4 is 5.32 Å². The minimum atomic E-state index is -0.465. The number of hydrogen-bond donors (Lipinski definition) is 1. The van der Waals surface area contributed by atoms with Gasteiger partial charge in [0.25, 0.3) is 0 Å². The maximum Gasteiger partial charge on any atom is 0.410 e. The molecule has 164 valence electrons. The van der Waals surface area contributed by atoms with Gasteiger partial charge >= 0.3 is 6.09 Å². The predicted octanol–water partition coefficient (Wildman–Crippen LogP) is 3.88. The van der Waals surface area contributed by atoms with Crippen LogP contribution in [0.25, 0.3) is 11.2 Å². The van der Waals surface area contributed by atoms with E-state index >= 15 is 0 Å². The number of pyridine rings is 1. The highest BCUT2D eigenvalue weighted by Crippen LogP contribution is 2.45. The summed E-state index contributed by atoms with van der Waals surface area (Å²) in [5.74, 6) is 0.492. The number of anilines is 1. The monoisotopic (exact) mass is 423 g/mol. The van der Waals surface area contributed by atoms with Crippen LogP contribution in [0.4, 0.5) is 10.7 Å². The summed E-state index contributed by atoms with van der Waals surface area (Å²) in [6.07, 6.45) is 6.82. The average molecular weight is 424 g/mol. The van der Waals surface area contributed by atoms with Crippen molar-refractivity contribution in [3.63, 3.8) is 0 Å². The Labute approximate surface area is 181 Å². The second kappa shape index (κ2) is 7.07. The zero-order chi connectivity index (χ0) is 21.8. The molecule has 0 atom stereocenters. The maximum atomic E-state index is 12.3. The number of ether oxygens (including phenoxy) is 1. The molecule has 31 heavy (non-hydrogen) atoms. The minimum absolute atomic E-state index is 0.0100. The van der Waals surface area contributed by atoms with E-state index in [4.69, 9.17) is 4.74 Å². The van der Waals surface area contributed by atoms with Gasteiger partial charge in [-0.05, 0) is 70.6 Å². The number of rotatable bonds is 3. The molecule has 2 amide bonds. The summed E-state index contributed by atoms with van der Waals surface area (Å²) in [7, 11) is 0. The van der Waals surface area contributed by atoms with Crippen LogP contribution in [0.5, 0.6) is 0 Å². The highest BCUT2D eigenvalue weighted by atomic mass is 16.6. The van der Waals surface area contributed by atoms with E-state index in [9.17, 15) is 9.59 Å². The number of nitrogens with zero attached hydrogens (tertiary/aromatic N) is 4. The van der Waals surface area contributed by atoms with Gasteiger partial charge in [-0.1, -0.05) is 12.1 Å². The number of carbonyl (C=O) groups excluding carboxylic acids is 2. The Morgan fingerprint density at radius 2 is 2.00 bits per heavy atom. The first-order chi connectivity index (χ1) is 14.7. The van der Waals surface area contributed by atoms with Gasteiger partial charge in [0.1, 0.15) is 5.60 Å². The number of carbonyl (C=O) groups is 2. The third-order valence-electron chi connectivity index (χ3n) is 6.28. The molecule has 1 aliphatic heterocycles. The van der Waals surface area contributed by atoms with Crippen molar-refractivity contribution in [1.82, 2.24) is 19.5 Å². The summed E-state index contributed by atoms with van der Waals surface area (Å²) in [6.45, 7) is 7.17. The van der Waals surface area contributed by atoms with Crippen LogP contribution >= 0.6 is 0 Å². The second-order valence-electron chi connectivity index (χ2n) is 10.1. The molecule has 1 spiro atoms. The van der Waals surface area contributed by atoms with E-state index in [2.05, 4.69) is 21.5 Å². The summed E-state index contributed by atoms with van der Waals surface area (Å²) in [6, 6.07) is 5.93. The summed E-state index contributed by atoms with van der Waals surface area (Å²) >= 11 is 0. The Hall–Kier alpha value is -2.90. The number of likely N-dealkylation sites (tertiary alicyclic amines) is 1. The van der Waals surface area contributed by atoms with Gasteiger partial charge in [-0.25, -0.2) is 9.31 Å². The Morgan fingerprint density at radius 3 is 2.65 bits per heavy atom. The second-order valence-corrected chi connectivity index (χ2v) is 10.1. The predicted molar refractivity (Wildman–Crippen MR) is 116 cm³/mol. The highest BCUT2D eigenvalue weighted by molar-refractivity contribution is 5.92. The van der Waals surface area contributed by atoms with Crippen LogP contribution in [0, 0.1) is 11.3 Å². The van der Waals surface area contributed by atoms with Gasteiger partial charge < -0.3 is 9.64 Å². The number of nitrogens with one attached hydrogen (secondary N) is 1. The van der Waals surface area contributed by atoms with Crippen LogP contribution in [0.1, 0.15) is 58.6 Å². The fourth-order valence-corrected chi connectivity index (χ4v) is 4.44. The lowest BCUT2D eigenvalue weighted by Gasteiger charge is -2.51. The van der Waals surface area contributed by atoms with Crippen molar-refractivity contribution in [2.24, 2.45) is 11.3 Å². The van der Waals surface area contributed by atoms with Crippen molar-refractivity contribution >= 4 is 29.2 Å². The molecule has 0 radical (unpaired) electrons. The van der Waals surface area contributed by atoms with Crippen molar-refractivity contribution in [3.05, 3.63) is 30.0 Å². The number of aromatic nitrogens is 3. The SMILES string of the molecule is CC(C)(C)OC(=O)N1CC2(CC=C(c3cccc4nc(NC(=O)C5CC5)nn34)CC2)C1. The summed E-state index contributed by atoms with van der Waals surface area (Å²) < 4.78 is 7.31. The molecule has 0 aromatic carbocycles. The molecule has 8 nitrogen and oxygen atoms in total. The largest absolute Gasteiger partial charge is 0.444 e. The van der Waals surface area contributed by atoms with Crippen LogP contribution in [-0.2, 0) is 9.53 Å². The molecule has 1 saturated heterocycles. The first kappa shape index (κ1) is 20.0. The highest BCUT2D eigenvalue weighted by Gasteiger charge is 2.46. The lowest BCUT2D eigenvalue weighted by molar-refractivity contribution is -0.117. The summed E-state index contributed by atoms with van der Waals surface area (Å²) in [5.41, 5.74) is 2.66. The van der Waals surface area contributed by atoms with Crippen molar-refractivity contribution < 1.29 is 14.3 Å². The number of hydrogen-bond acceptors (Lipinski definition) is 5. The molecule has 3 aliphatic rings.